The normalized spacial score (nSPS) is 16.8. The smallest absolute Gasteiger partial charge is 0.0314 e. The molecule has 0 aliphatic heterocycles. The molecular formula is C17H26BrNS. The lowest BCUT2D eigenvalue weighted by Crippen LogP contribution is -2.18. The van der Waals surface area contributed by atoms with Crippen molar-refractivity contribution in [3.05, 3.63) is 28.2 Å². The average Bonchev–Trinajstić information content (AvgIpc) is 2.42. The molecule has 112 valence electrons. The molecule has 1 aromatic rings. The summed E-state index contributed by atoms with van der Waals surface area (Å²) in [6.07, 6.45) is 7.02. The van der Waals surface area contributed by atoms with Crippen molar-refractivity contribution in [3.63, 3.8) is 0 Å². The maximum absolute atomic E-state index is 3.75. The molecule has 1 aromatic carbocycles. The van der Waals surface area contributed by atoms with Crippen LogP contribution in [-0.2, 0) is 6.54 Å². The molecule has 1 nitrogen and oxygen atoms in total. The highest BCUT2D eigenvalue weighted by atomic mass is 79.9. The van der Waals surface area contributed by atoms with Gasteiger partial charge in [0.1, 0.15) is 0 Å². The van der Waals surface area contributed by atoms with E-state index < -0.39 is 0 Å². The van der Waals surface area contributed by atoms with Crippen LogP contribution >= 0.6 is 27.7 Å². The lowest BCUT2D eigenvalue weighted by atomic mass is 10.0. The predicted octanol–water partition coefficient (Wildman–Crippen LogP) is 5.62. The SMILES string of the molecule is CC(C)CNCc1ccc(SC2CCCCC2)c(Br)c1. The minimum absolute atomic E-state index is 0.708. The van der Waals surface area contributed by atoms with E-state index in [-0.39, 0.29) is 0 Å². The summed E-state index contributed by atoms with van der Waals surface area (Å²) in [5.41, 5.74) is 1.37. The topological polar surface area (TPSA) is 12.0 Å². The zero-order valence-electron chi connectivity index (χ0n) is 12.6. The second-order valence-electron chi connectivity index (χ2n) is 6.17. The Bertz CT molecular complexity index is 413. The molecule has 0 atom stereocenters. The van der Waals surface area contributed by atoms with Gasteiger partial charge in [0.15, 0.2) is 0 Å². The van der Waals surface area contributed by atoms with E-state index in [9.17, 15) is 0 Å². The highest BCUT2D eigenvalue weighted by molar-refractivity contribution is 9.10. The van der Waals surface area contributed by atoms with Gasteiger partial charge in [-0.05, 0) is 58.9 Å². The standard InChI is InChI=1S/C17H26BrNS/c1-13(2)11-19-12-14-8-9-17(16(18)10-14)20-15-6-4-3-5-7-15/h8-10,13,15,19H,3-7,11-12H2,1-2H3. The molecule has 0 spiro atoms. The van der Waals surface area contributed by atoms with Crippen molar-refractivity contribution < 1.29 is 0 Å². The van der Waals surface area contributed by atoms with E-state index >= 15 is 0 Å². The molecule has 2 rings (SSSR count). The molecule has 1 saturated carbocycles. The molecular weight excluding hydrogens is 330 g/mol. The summed E-state index contributed by atoms with van der Waals surface area (Å²) in [5, 5.41) is 4.33. The molecule has 1 N–H and O–H groups in total. The van der Waals surface area contributed by atoms with Crippen LogP contribution in [0.5, 0.6) is 0 Å². The molecule has 1 aliphatic carbocycles. The van der Waals surface area contributed by atoms with Gasteiger partial charge < -0.3 is 5.32 Å². The molecule has 0 bridgehead atoms. The lowest BCUT2D eigenvalue weighted by Gasteiger charge is -2.21. The van der Waals surface area contributed by atoms with Crippen molar-refractivity contribution >= 4 is 27.7 Å². The van der Waals surface area contributed by atoms with Crippen LogP contribution in [0.2, 0.25) is 0 Å². The number of thioether (sulfide) groups is 1. The molecule has 0 amide bonds. The largest absolute Gasteiger partial charge is 0.312 e. The van der Waals surface area contributed by atoms with Gasteiger partial charge in [0.05, 0.1) is 0 Å². The number of rotatable bonds is 6. The van der Waals surface area contributed by atoms with Gasteiger partial charge in [-0.1, -0.05) is 39.2 Å². The van der Waals surface area contributed by atoms with Crippen LogP contribution in [0.4, 0.5) is 0 Å². The first-order chi connectivity index (χ1) is 9.65. The maximum atomic E-state index is 3.75. The minimum atomic E-state index is 0.708. The summed E-state index contributed by atoms with van der Waals surface area (Å²) in [4.78, 5) is 1.41. The summed E-state index contributed by atoms with van der Waals surface area (Å²) < 4.78 is 1.26. The molecule has 20 heavy (non-hydrogen) atoms. The third-order valence-electron chi connectivity index (χ3n) is 3.72. The minimum Gasteiger partial charge on any atom is -0.312 e. The average molecular weight is 356 g/mol. The van der Waals surface area contributed by atoms with Crippen molar-refractivity contribution in [2.24, 2.45) is 5.92 Å². The molecule has 0 aromatic heterocycles. The second-order valence-corrected chi connectivity index (χ2v) is 8.36. The van der Waals surface area contributed by atoms with E-state index in [4.69, 9.17) is 0 Å². The van der Waals surface area contributed by atoms with E-state index in [1.54, 1.807) is 0 Å². The highest BCUT2D eigenvalue weighted by Crippen LogP contribution is 2.37. The number of hydrogen-bond donors (Lipinski definition) is 1. The Labute approximate surface area is 136 Å². The van der Waals surface area contributed by atoms with Gasteiger partial charge >= 0.3 is 0 Å². The van der Waals surface area contributed by atoms with Crippen LogP contribution in [0.3, 0.4) is 0 Å². The fourth-order valence-corrected chi connectivity index (χ4v) is 4.57. The Kier molecular flexibility index (Phi) is 6.92. The van der Waals surface area contributed by atoms with Crippen molar-refractivity contribution in [2.45, 2.75) is 62.6 Å². The highest BCUT2D eigenvalue weighted by Gasteiger charge is 2.15. The predicted molar refractivity (Wildman–Crippen MR) is 93.4 cm³/mol. The first-order valence-corrected chi connectivity index (χ1v) is 9.48. The summed E-state index contributed by atoms with van der Waals surface area (Å²) in [5.74, 6) is 0.708. The molecule has 0 heterocycles. The Morgan fingerprint density at radius 1 is 1.25 bits per heavy atom. The molecule has 1 fully saturated rings. The molecule has 0 radical (unpaired) electrons. The van der Waals surface area contributed by atoms with E-state index in [2.05, 4.69) is 65.1 Å². The molecule has 3 heteroatoms. The summed E-state index contributed by atoms with van der Waals surface area (Å²) in [7, 11) is 0. The number of nitrogens with one attached hydrogen (secondary N) is 1. The quantitative estimate of drug-likeness (QED) is 0.710. The fraction of sp³-hybridized carbons (Fsp3) is 0.647. The summed E-state index contributed by atoms with van der Waals surface area (Å²) in [6.45, 7) is 6.53. The number of halogens is 1. The van der Waals surface area contributed by atoms with Crippen LogP contribution in [0.15, 0.2) is 27.6 Å². The zero-order chi connectivity index (χ0) is 14.4. The molecule has 1 aliphatic rings. The van der Waals surface area contributed by atoms with Gasteiger partial charge in [-0.15, -0.1) is 11.8 Å². The van der Waals surface area contributed by atoms with Crippen LogP contribution in [-0.4, -0.2) is 11.8 Å². The lowest BCUT2D eigenvalue weighted by molar-refractivity contribution is 0.516. The van der Waals surface area contributed by atoms with Gasteiger partial charge in [0.25, 0.3) is 0 Å². The Hall–Kier alpha value is 0.01000. The maximum Gasteiger partial charge on any atom is 0.0314 e. The van der Waals surface area contributed by atoms with Crippen molar-refractivity contribution in [3.8, 4) is 0 Å². The van der Waals surface area contributed by atoms with Crippen molar-refractivity contribution in [2.75, 3.05) is 6.54 Å². The Morgan fingerprint density at radius 3 is 2.65 bits per heavy atom. The second kappa shape index (κ2) is 8.45. The molecule has 0 saturated heterocycles. The third kappa shape index (κ3) is 5.42. The van der Waals surface area contributed by atoms with E-state index in [1.807, 2.05) is 0 Å². The fourth-order valence-electron chi connectivity index (χ4n) is 2.62. The van der Waals surface area contributed by atoms with Crippen LogP contribution in [0.1, 0.15) is 51.5 Å². The van der Waals surface area contributed by atoms with Crippen LogP contribution < -0.4 is 5.32 Å². The van der Waals surface area contributed by atoms with Gasteiger partial charge in [-0.3, -0.25) is 0 Å². The van der Waals surface area contributed by atoms with Gasteiger partial charge in [-0.2, -0.15) is 0 Å². The summed E-state index contributed by atoms with van der Waals surface area (Å²) >= 11 is 5.81. The van der Waals surface area contributed by atoms with E-state index in [0.717, 1.165) is 18.3 Å². The van der Waals surface area contributed by atoms with E-state index in [0.29, 0.717) is 5.92 Å². The Morgan fingerprint density at radius 2 is 2.00 bits per heavy atom. The first-order valence-electron chi connectivity index (χ1n) is 7.81. The summed E-state index contributed by atoms with van der Waals surface area (Å²) in [6, 6.07) is 6.83. The number of benzene rings is 1. The van der Waals surface area contributed by atoms with Crippen LogP contribution in [0, 0.1) is 5.92 Å². The van der Waals surface area contributed by atoms with Gasteiger partial charge in [0, 0.05) is 21.2 Å². The van der Waals surface area contributed by atoms with Gasteiger partial charge in [0.2, 0.25) is 0 Å². The Balaban J connectivity index is 1.88. The molecule has 0 unspecified atom stereocenters. The third-order valence-corrected chi connectivity index (χ3v) is 6.06. The van der Waals surface area contributed by atoms with Crippen molar-refractivity contribution in [1.29, 1.82) is 0 Å². The zero-order valence-corrected chi connectivity index (χ0v) is 15.0. The van der Waals surface area contributed by atoms with Crippen molar-refractivity contribution in [1.82, 2.24) is 5.32 Å². The van der Waals surface area contributed by atoms with Gasteiger partial charge in [-0.25, -0.2) is 0 Å². The number of hydrogen-bond acceptors (Lipinski definition) is 2. The first kappa shape index (κ1) is 16.4. The van der Waals surface area contributed by atoms with Crippen LogP contribution in [0.25, 0.3) is 0 Å². The monoisotopic (exact) mass is 355 g/mol. The van der Waals surface area contributed by atoms with E-state index in [1.165, 1.54) is 47.0 Å².